The van der Waals surface area contributed by atoms with Crippen LogP contribution in [0.15, 0.2) is 66.7 Å². The van der Waals surface area contributed by atoms with Gasteiger partial charge in [-0.05, 0) is 48.4 Å². The maximum Gasteiger partial charge on any atom is 0.262 e. The highest BCUT2D eigenvalue weighted by molar-refractivity contribution is 6.33. The highest BCUT2D eigenvalue weighted by Crippen LogP contribution is 2.30. The van der Waals surface area contributed by atoms with E-state index in [0.717, 1.165) is 54.6 Å². The maximum atomic E-state index is 12.3. The molecule has 3 aromatic carbocycles. The van der Waals surface area contributed by atoms with Crippen molar-refractivity contribution in [3.05, 3.63) is 87.9 Å². The number of anilines is 2. The summed E-state index contributed by atoms with van der Waals surface area (Å²) in [5, 5.41) is 4.28. The number of hydrogen-bond acceptors (Lipinski definition) is 4. The molecule has 1 aliphatic rings. The van der Waals surface area contributed by atoms with Crippen LogP contribution in [0.25, 0.3) is 0 Å². The molecule has 0 bridgehead atoms. The number of nitrogens with zero attached hydrogens (tertiary/aromatic N) is 2. The van der Waals surface area contributed by atoms with E-state index in [1.807, 2.05) is 61.5 Å². The molecule has 0 spiro atoms. The predicted molar refractivity (Wildman–Crippen MR) is 136 cm³/mol. The Morgan fingerprint density at radius 2 is 1.67 bits per heavy atom. The van der Waals surface area contributed by atoms with Gasteiger partial charge >= 0.3 is 0 Å². The second kappa shape index (κ2) is 10.9. The predicted octanol–water partition coefficient (Wildman–Crippen LogP) is 5.64. The van der Waals surface area contributed by atoms with Crippen LogP contribution in [0, 0.1) is 6.92 Å². The highest BCUT2D eigenvalue weighted by Gasteiger charge is 2.20. The first kappa shape index (κ1) is 23.4. The van der Waals surface area contributed by atoms with E-state index in [2.05, 4.69) is 21.2 Å². The SMILES string of the molecule is Cc1ccccc1OCC(=O)Nc1ccc(N2CCN(Cc3ccccc3Cl)CC2)c(Cl)c1. The van der Waals surface area contributed by atoms with Crippen LogP contribution in [0.4, 0.5) is 11.4 Å². The van der Waals surface area contributed by atoms with Crippen molar-refractivity contribution in [3.63, 3.8) is 0 Å². The molecule has 5 nitrogen and oxygen atoms in total. The molecule has 1 fully saturated rings. The van der Waals surface area contributed by atoms with Crippen LogP contribution < -0.4 is 15.0 Å². The number of carbonyl (C=O) groups excluding carboxylic acids is 1. The van der Waals surface area contributed by atoms with Crippen molar-refractivity contribution in [1.29, 1.82) is 0 Å². The number of nitrogens with one attached hydrogen (secondary N) is 1. The lowest BCUT2D eigenvalue weighted by molar-refractivity contribution is -0.118. The third kappa shape index (κ3) is 6.20. The minimum Gasteiger partial charge on any atom is -0.483 e. The molecular formula is C26H27Cl2N3O2. The lowest BCUT2D eigenvalue weighted by Gasteiger charge is -2.36. The maximum absolute atomic E-state index is 12.3. The van der Waals surface area contributed by atoms with E-state index >= 15 is 0 Å². The molecule has 1 aliphatic heterocycles. The molecule has 1 amide bonds. The third-order valence-electron chi connectivity index (χ3n) is 5.75. The Kier molecular flexibility index (Phi) is 7.76. The van der Waals surface area contributed by atoms with E-state index in [-0.39, 0.29) is 12.5 Å². The van der Waals surface area contributed by atoms with Crippen LogP contribution in [0.2, 0.25) is 10.0 Å². The van der Waals surface area contributed by atoms with Crippen LogP contribution in [0.3, 0.4) is 0 Å². The smallest absolute Gasteiger partial charge is 0.262 e. The Bertz CT molecular complexity index is 1110. The van der Waals surface area contributed by atoms with Gasteiger partial charge in [-0.25, -0.2) is 0 Å². The fourth-order valence-electron chi connectivity index (χ4n) is 3.91. The summed E-state index contributed by atoms with van der Waals surface area (Å²) >= 11 is 12.9. The molecule has 3 aromatic rings. The van der Waals surface area contributed by atoms with Gasteiger partial charge in [0.2, 0.25) is 0 Å². The monoisotopic (exact) mass is 483 g/mol. The van der Waals surface area contributed by atoms with Gasteiger partial charge in [0.1, 0.15) is 5.75 Å². The molecule has 172 valence electrons. The van der Waals surface area contributed by atoms with E-state index < -0.39 is 0 Å². The Hall–Kier alpha value is -2.73. The molecular weight excluding hydrogens is 457 g/mol. The average molecular weight is 484 g/mol. The molecule has 0 atom stereocenters. The zero-order valence-electron chi connectivity index (χ0n) is 18.6. The number of carbonyl (C=O) groups is 1. The van der Waals surface area contributed by atoms with Gasteiger partial charge in [0.05, 0.1) is 10.7 Å². The van der Waals surface area contributed by atoms with Crippen LogP contribution in [0.5, 0.6) is 5.75 Å². The quantitative estimate of drug-likeness (QED) is 0.472. The topological polar surface area (TPSA) is 44.8 Å². The summed E-state index contributed by atoms with van der Waals surface area (Å²) in [6.45, 7) is 6.34. The van der Waals surface area contributed by atoms with E-state index in [1.54, 1.807) is 6.07 Å². The molecule has 1 saturated heterocycles. The van der Waals surface area contributed by atoms with Gasteiger partial charge in [0.15, 0.2) is 6.61 Å². The van der Waals surface area contributed by atoms with Crippen molar-refractivity contribution in [2.45, 2.75) is 13.5 Å². The molecule has 0 saturated carbocycles. The summed E-state index contributed by atoms with van der Waals surface area (Å²) in [4.78, 5) is 17.0. The summed E-state index contributed by atoms with van der Waals surface area (Å²) in [5.74, 6) is 0.477. The average Bonchev–Trinajstić information content (AvgIpc) is 2.81. The van der Waals surface area contributed by atoms with Gasteiger partial charge in [0, 0.05) is 43.4 Å². The number of para-hydroxylation sites is 1. The molecule has 1 N–H and O–H groups in total. The zero-order valence-corrected chi connectivity index (χ0v) is 20.1. The van der Waals surface area contributed by atoms with Crippen LogP contribution >= 0.6 is 23.2 Å². The Balaban J connectivity index is 1.29. The molecule has 0 unspecified atom stereocenters. The minimum atomic E-state index is -0.227. The normalized spacial score (nSPS) is 14.2. The second-order valence-electron chi connectivity index (χ2n) is 8.12. The number of hydrogen-bond donors (Lipinski definition) is 1. The molecule has 0 aliphatic carbocycles. The van der Waals surface area contributed by atoms with Crippen molar-refractivity contribution in [2.75, 3.05) is 43.0 Å². The van der Waals surface area contributed by atoms with Crippen LogP contribution in [0.1, 0.15) is 11.1 Å². The first-order chi connectivity index (χ1) is 16.0. The van der Waals surface area contributed by atoms with Crippen molar-refractivity contribution in [2.24, 2.45) is 0 Å². The Morgan fingerprint density at radius 3 is 2.39 bits per heavy atom. The van der Waals surface area contributed by atoms with Gasteiger partial charge in [-0.3, -0.25) is 9.69 Å². The molecule has 7 heteroatoms. The summed E-state index contributed by atoms with van der Waals surface area (Å²) in [7, 11) is 0. The number of amides is 1. The number of ether oxygens (including phenoxy) is 1. The first-order valence-corrected chi connectivity index (χ1v) is 11.7. The Morgan fingerprint density at radius 1 is 0.939 bits per heavy atom. The number of benzene rings is 3. The van der Waals surface area contributed by atoms with Gasteiger partial charge in [-0.1, -0.05) is 59.6 Å². The summed E-state index contributed by atoms with van der Waals surface area (Å²) < 4.78 is 5.61. The van der Waals surface area contributed by atoms with Crippen molar-refractivity contribution < 1.29 is 9.53 Å². The second-order valence-corrected chi connectivity index (χ2v) is 8.94. The molecule has 1 heterocycles. The van der Waals surface area contributed by atoms with Crippen LogP contribution in [-0.4, -0.2) is 43.6 Å². The van der Waals surface area contributed by atoms with Gasteiger partial charge in [-0.2, -0.15) is 0 Å². The van der Waals surface area contributed by atoms with E-state index in [0.29, 0.717) is 16.5 Å². The fourth-order valence-corrected chi connectivity index (χ4v) is 4.41. The van der Waals surface area contributed by atoms with Gasteiger partial charge < -0.3 is 15.0 Å². The lowest BCUT2D eigenvalue weighted by atomic mass is 10.2. The summed E-state index contributed by atoms with van der Waals surface area (Å²) in [6, 6.07) is 21.2. The van der Waals surface area contributed by atoms with E-state index in [9.17, 15) is 4.79 Å². The fraction of sp³-hybridized carbons (Fsp3) is 0.269. The molecule has 33 heavy (non-hydrogen) atoms. The van der Waals surface area contributed by atoms with Crippen molar-refractivity contribution >= 4 is 40.5 Å². The minimum absolute atomic E-state index is 0.0579. The number of aryl methyl sites for hydroxylation is 1. The van der Waals surface area contributed by atoms with Gasteiger partial charge in [0.25, 0.3) is 5.91 Å². The van der Waals surface area contributed by atoms with Crippen molar-refractivity contribution in [3.8, 4) is 5.75 Å². The largest absolute Gasteiger partial charge is 0.483 e. The highest BCUT2D eigenvalue weighted by atomic mass is 35.5. The summed E-state index contributed by atoms with van der Waals surface area (Å²) in [6.07, 6.45) is 0. The number of halogens is 2. The number of piperazine rings is 1. The molecule has 0 radical (unpaired) electrons. The van der Waals surface area contributed by atoms with E-state index in [1.165, 1.54) is 0 Å². The summed E-state index contributed by atoms with van der Waals surface area (Å²) in [5.41, 5.74) is 3.77. The van der Waals surface area contributed by atoms with Crippen LogP contribution in [-0.2, 0) is 11.3 Å². The molecule has 4 rings (SSSR count). The van der Waals surface area contributed by atoms with E-state index in [4.69, 9.17) is 27.9 Å². The third-order valence-corrected chi connectivity index (χ3v) is 6.42. The lowest BCUT2D eigenvalue weighted by Crippen LogP contribution is -2.46. The zero-order chi connectivity index (χ0) is 23.2. The first-order valence-electron chi connectivity index (χ1n) is 11.0. The molecule has 0 aromatic heterocycles. The standard InChI is InChI=1S/C26H27Cl2N3O2/c1-19-6-2-5-9-25(19)33-18-26(32)29-21-10-11-24(23(28)16-21)31-14-12-30(13-15-31)17-20-7-3-4-8-22(20)27/h2-11,16H,12-15,17-18H2,1H3,(H,29,32). The van der Waals surface area contributed by atoms with Gasteiger partial charge in [-0.15, -0.1) is 0 Å². The van der Waals surface area contributed by atoms with Crippen molar-refractivity contribution in [1.82, 2.24) is 4.90 Å². The number of rotatable bonds is 7. The Labute approximate surface area is 204 Å².